The van der Waals surface area contributed by atoms with Gasteiger partial charge in [0.25, 0.3) is 5.56 Å². The standard InChI is InChI=1S/C14H11ClF3NO2/c1-21-12-4-3-11(15)6-9(12)7-19-8-10(14(16,17)18)2-5-13(19)20/h2-6,8H,7H2,1H3. The van der Waals surface area contributed by atoms with Gasteiger partial charge in [0.1, 0.15) is 5.75 Å². The summed E-state index contributed by atoms with van der Waals surface area (Å²) in [5, 5.41) is 0.408. The smallest absolute Gasteiger partial charge is 0.417 e. The van der Waals surface area contributed by atoms with Crippen molar-refractivity contribution in [1.82, 2.24) is 4.57 Å². The molecule has 0 radical (unpaired) electrons. The van der Waals surface area contributed by atoms with Crippen LogP contribution in [0, 0.1) is 0 Å². The Bertz CT molecular complexity index is 710. The number of nitrogens with zero attached hydrogens (tertiary/aromatic N) is 1. The highest BCUT2D eigenvalue weighted by Gasteiger charge is 2.31. The summed E-state index contributed by atoms with van der Waals surface area (Å²) in [6.07, 6.45) is -3.73. The lowest BCUT2D eigenvalue weighted by Crippen LogP contribution is -2.22. The van der Waals surface area contributed by atoms with Crippen LogP contribution in [0.1, 0.15) is 11.1 Å². The quantitative estimate of drug-likeness (QED) is 0.866. The minimum atomic E-state index is -4.51. The summed E-state index contributed by atoms with van der Waals surface area (Å²) in [6.45, 7) is -0.0630. The van der Waals surface area contributed by atoms with Crippen LogP contribution in [-0.4, -0.2) is 11.7 Å². The van der Waals surface area contributed by atoms with Crippen molar-refractivity contribution >= 4 is 11.6 Å². The Morgan fingerprint density at radius 1 is 1.24 bits per heavy atom. The van der Waals surface area contributed by atoms with Crippen LogP contribution in [0.4, 0.5) is 13.2 Å². The zero-order valence-corrected chi connectivity index (χ0v) is 11.7. The van der Waals surface area contributed by atoms with E-state index in [1.54, 1.807) is 18.2 Å². The van der Waals surface area contributed by atoms with Crippen LogP contribution in [-0.2, 0) is 12.7 Å². The van der Waals surface area contributed by atoms with Gasteiger partial charge in [0.2, 0.25) is 0 Å². The summed E-state index contributed by atoms with van der Waals surface area (Å²) in [6, 6.07) is 6.39. The summed E-state index contributed by atoms with van der Waals surface area (Å²) in [7, 11) is 1.43. The molecule has 1 aromatic carbocycles. The highest BCUT2D eigenvalue weighted by Crippen LogP contribution is 2.28. The largest absolute Gasteiger partial charge is 0.496 e. The second-order valence-corrected chi connectivity index (χ2v) is 4.77. The molecule has 0 bridgehead atoms. The van der Waals surface area contributed by atoms with Crippen LogP contribution in [0.15, 0.2) is 41.3 Å². The van der Waals surface area contributed by atoms with E-state index in [9.17, 15) is 18.0 Å². The molecule has 0 atom stereocenters. The van der Waals surface area contributed by atoms with Crippen LogP contribution in [0.5, 0.6) is 5.75 Å². The monoisotopic (exact) mass is 317 g/mol. The van der Waals surface area contributed by atoms with E-state index in [4.69, 9.17) is 16.3 Å². The van der Waals surface area contributed by atoms with Crippen molar-refractivity contribution in [3.63, 3.8) is 0 Å². The number of pyridine rings is 1. The lowest BCUT2D eigenvalue weighted by atomic mass is 10.2. The van der Waals surface area contributed by atoms with Crippen molar-refractivity contribution in [1.29, 1.82) is 0 Å². The van der Waals surface area contributed by atoms with Gasteiger partial charge < -0.3 is 9.30 Å². The average Bonchev–Trinajstić information content (AvgIpc) is 2.40. The third-order valence-electron chi connectivity index (χ3n) is 2.89. The van der Waals surface area contributed by atoms with Crippen molar-refractivity contribution < 1.29 is 17.9 Å². The van der Waals surface area contributed by atoms with E-state index in [2.05, 4.69) is 0 Å². The maximum absolute atomic E-state index is 12.7. The fourth-order valence-electron chi connectivity index (χ4n) is 1.88. The van der Waals surface area contributed by atoms with Crippen LogP contribution < -0.4 is 10.3 Å². The molecule has 0 aliphatic rings. The highest BCUT2D eigenvalue weighted by molar-refractivity contribution is 6.30. The first-order chi connectivity index (χ1) is 9.81. The van der Waals surface area contributed by atoms with Gasteiger partial charge in [-0.25, -0.2) is 0 Å². The Kier molecular flexibility index (Phi) is 4.27. The van der Waals surface area contributed by atoms with Crippen molar-refractivity contribution in [2.75, 3.05) is 7.11 Å². The minimum absolute atomic E-state index is 0.0630. The van der Waals surface area contributed by atoms with Crippen molar-refractivity contribution in [2.45, 2.75) is 12.7 Å². The Hall–Kier alpha value is -1.95. The van der Waals surface area contributed by atoms with E-state index in [-0.39, 0.29) is 6.54 Å². The molecule has 7 heteroatoms. The molecule has 0 saturated carbocycles. The number of aromatic nitrogens is 1. The number of halogens is 4. The van der Waals surface area contributed by atoms with E-state index in [0.29, 0.717) is 16.3 Å². The normalized spacial score (nSPS) is 11.5. The third kappa shape index (κ3) is 3.58. The second kappa shape index (κ2) is 5.81. The predicted molar refractivity (Wildman–Crippen MR) is 72.8 cm³/mol. The molecule has 2 rings (SSSR count). The molecule has 2 aromatic rings. The van der Waals surface area contributed by atoms with Crippen LogP contribution in [0.2, 0.25) is 5.02 Å². The molecule has 0 aliphatic carbocycles. The molecule has 112 valence electrons. The SMILES string of the molecule is COc1ccc(Cl)cc1Cn1cc(C(F)(F)F)ccc1=O. The lowest BCUT2D eigenvalue weighted by molar-refractivity contribution is -0.138. The van der Waals surface area contributed by atoms with Crippen molar-refractivity contribution in [3.8, 4) is 5.75 Å². The average molecular weight is 318 g/mol. The summed E-state index contributed by atoms with van der Waals surface area (Å²) in [4.78, 5) is 11.7. The first-order valence-electron chi connectivity index (χ1n) is 5.91. The molecule has 1 aromatic heterocycles. The molecule has 3 nitrogen and oxygen atoms in total. The number of hydrogen-bond donors (Lipinski definition) is 0. The molecule has 21 heavy (non-hydrogen) atoms. The van der Waals surface area contributed by atoms with Gasteiger partial charge >= 0.3 is 6.18 Å². The Morgan fingerprint density at radius 3 is 2.57 bits per heavy atom. The molecule has 0 unspecified atom stereocenters. The van der Waals surface area contributed by atoms with Gasteiger partial charge in [-0.1, -0.05) is 11.6 Å². The molecule has 0 aliphatic heterocycles. The topological polar surface area (TPSA) is 31.2 Å². The summed E-state index contributed by atoms with van der Waals surface area (Å²) >= 11 is 5.86. The number of methoxy groups -OCH3 is 1. The van der Waals surface area contributed by atoms with Crippen molar-refractivity contribution in [3.05, 3.63) is 63.0 Å². The zero-order valence-electron chi connectivity index (χ0n) is 10.9. The second-order valence-electron chi connectivity index (χ2n) is 4.34. The summed E-state index contributed by atoms with van der Waals surface area (Å²) in [5.74, 6) is 0.448. The molecule has 0 fully saturated rings. The number of benzene rings is 1. The van der Waals surface area contributed by atoms with Gasteiger partial charge in [-0.05, 0) is 24.3 Å². The van der Waals surface area contributed by atoms with Gasteiger partial charge in [0.15, 0.2) is 0 Å². The van der Waals surface area contributed by atoms with Crippen LogP contribution in [0.25, 0.3) is 0 Å². The van der Waals surface area contributed by atoms with Crippen molar-refractivity contribution in [2.24, 2.45) is 0 Å². The molecule has 0 N–H and O–H groups in total. The van der Waals surface area contributed by atoms with E-state index in [0.717, 1.165) is 22.9 Å². The van der Waals surface area contributed by atoms with E-state index in [1.807, 2.05) is 0 Å². The first-order valence-corrected chi connectivity index (χ1v) is 6.29. The van der Waals surface area contributed by atoms with Gasteiger partial charge in [-0.15, -0.1) is 0 Å². The fraction of sp³-hybridized carbons (Fsp3) is 0.214. The maximum atomic E-state index is 12.7. The van der Waals surface area contributed by atoms with E-state index in [1.165, 1.54) is 7.11 Å². The number of hydrogen-bond acceptors (Lipinski definition) is 2. The number of alkyl halides is 3. The maximum Gasteiger partial charge on any atom is 0.417 e. The zero-order chi connectivity index (χ0) is 15.6. The molecule has 0 saturated heterocycles. The van der Waals surface area contributed by atoms with Crippen LogP contribution >= 0.6 is 11.6 Å². The molecule has 1 heterocycles. The molecule has 0 amide bonds. The number of rotatable bonds is 3. The first kappa shape index (κ1) is 15.4. The van der Waals surface area contributed by atoms with Gasteiger partial charge in [-0.3, -0.25) is 4.79 Å². The predicted octanol–water partition coefficient (Wildman–Crippen LogP) is 3.58. The van der Waals surface area contributed by atoms with E-state index >= 15 is 0 Å². The van der Waals surface area contributed by atoms with Gasteiger partial charge in [-0.2, -0.15) is 13.2 Å². The van der Waals surface area contributed by atoms with Gasteiger partial charge in [0, 0.05) is 22.8 Å². The highest BCUT2D eigenvalue weighted by atomic mass is 35.5. The fourth-order valence-corrected chi connectivity index (χ4v) is 2.07. The Morgan fingerprint density at radius 2 is 1.95 bits per heavy atom. The van der Waals surface area contributed by atoms with Gasteiger partial charge in [0.05, 0.1) is 19.2 Å². The Labute approximate surface area is 123 Å². The van der Waals surface area contributed by atoms with Crippen LogP contribution in [0.3, 0.4) is 0 Å². The lowest BCUT2D eigenvalue weighted by Gasteiger charge is -2.13. The molecular weight excluding hydrogens is 307 g/mol. The van der Waals surface area contributed by atoms with E-state index < -0.39 is 17.3 Å². The summed E-state index contributed by atoms with van der Waals surface area (Å²) in [5.41, 5.74) is -0.903. The molecular formula is C14H11ClF3NO2. The minimum Gasteiger partial charge on any atom is -0.496 e. The summed E-state index contributed by atoms with van der Waals surface area (Å²) < 4.78 is 44.1. The Balaban J connectivity index is 2.44. The molecule has 0 spiro atoms. The third-order valence-corrected chi connectivity index (χ3v) is 3.13. The number of ether oxygens (including phenoxy) is 1.